The molecule has 0 heterocycles. The van der Waals surface area contributed by atoms with Gasteiger partial charge in [0, 0.05) is 17.8 Å². The minimum absolute atomic E-state index is 0.365. The molecular formula is C17H18N2O5. The number of methoxy groups -OCH3 is 3. The number of amides is 2. The molecule has 2 amide bonds. The molecule has 0 aliphatic rings. The predicted octanol–water partition coefficient (Wildman–Crippen LogP) is 2.29. The Morgan fingerprint density at radius 1 is 0.792 bits per heavy atom. The Labute approximate surface area is 139 Å². The zero-order valence-electron chi connectivity index (χ0n) is 13.6. The number of benzene rings is 2. The average molecular weight is 330 g/mol. The summed E-state index contributed by atoms with van der Waals surface area (Å²) in [4.78, 5) is 24.1. The first-order valence-corrected chi connectivity index (χ1v) is 7.05. The predicted molar refractivity (Wildman–Crippen MR) is 89.8 cm³/mol. The molecule has 0 unspecified atom stereocenters. The number of rotatable bonds is 5. The van der Waals surface area contributed by atoms with Gasteiger partial charge in [-0.1, -0.05) is 6.07 Å². The van der Waals surface area contributed by atoms with Gasteiger partial charge in [-0.2, -0.15) is 0 Å². The quantitative estimate of drug-likeness (QED) is 0.822. The van der Waals surface area contributed by atoms with Gasteiger partial charge in [0.1, 0.15) is 17.2 Å². The van der Waals surface area contributed by atoms with Crippen LogP contribution in [0.1, 0.15) is 0 Å². The van der Waals surface area contributed by atoms with Crippen molar-refractivity contribution < 1.29 is 23.8 Å². The van der Waals surface area contributed by atoms with Crippen molar-refractivity contribution in [3.63, 3.8) is 0 Å². The molecule has 7 nitrogen and oxygen atoms in total. The van der Waals surface area contributed by atoms with Gasteiger partial charge in [-0.05, 0) is 24.3 Å². The van der Waals surface area contributed by atoms with Crippen molar-refractivity contribution in [1.29, 1.82) is 0 Å². The Bertz CT molecular complexity index is 746. The summed E-state index contributed by atoms with van der Waals surface area (Å²) in [5, 5.41) is 5.00. The highest BCUT2D eigenvalue weighted by Gasteiger charge is 2.16. The van der Waals surface area contributed by atoms with E-state index in [1.54, 1.807) is 42.5 Å². The van der Waals surface area contributed by atoms with Crippen molar-refractivity contribution in [3.05, 3.63) is 42.5 Å². The summed E-state index contributed by atoms with van der Waals surface area (Å²) in [6.07, 6.45) is 0. The Balaban J connectivity index is 2.07. The molecule has 0 saturated carbocycles. The number of carbonyl (C=O) groups is 2. The monoisotopic (exact) mass is 330 g/mol. The topological polar surface area (TPSA) is 85.9 Å². The summed E-state index contributed by atoms with van der Waals surface area (Å²) in [6, 6.07) is 11.6. The number of nitrogens with one attached hydrogen (secondary N) is 2. The highest BCUT2D eigenvalue weighted by Crippen LogP contribution is 2.29. The van der Waals surface area contributed by atoms with E-state index in [0.29, 0.717) is 28.6 Å². The van der Waals surface area contributed by atoms with Gasteiger partial charge in [0.15, 0.2) is 0 Å². The number of ether oxygens (including phenoxy) is 3. The first-order valence-electron chi connectivity index (χ1n) is 7.05. The van der Waals surface area contributed by atoms with Gasteiger partial charge >= 0.3 is 11.8 Å². The van der Waals surface area contributed by atoms with E-state index in [4.69, 9.17) is 14.2 Å². The van der Waals surface area contributed by atoms with Gasteiger partial charge in [-0.3, -0.25) is 9.59 Å². The largest absolute Gasteiger partial charge is 0.497 e. The maximum absolute atomic E-state index is 12.1. The van der Waals surface area contributed by atoms with Crippen LogP contribution >= 0.6 is 0 Å². The zero-order chi connectivity index (χ0) is 17.5. The van der Waals surface area contributed by atoms with E-state index in [9.17, 15) is 9.59 Å². The fourth-order valence-corrected chi connectivity index (χ4v) is 1.97. The lowest BCUT2D eigenvalue weighted by molar-refractivity contribution is -0.133. The Morgan fingerprint density at radius 3 is 2.12 bits per heavy atom. The van der Waals surface area contributed by atoms with Crippen LogP contribution in [0.4, 0.5) is 11.4 Å². The molecular weight excluding hydrogens is 312 g/mol. The lowest BCUT2D eigenvalue weighted by atomic mass is 10.2. The molecule has 0 aromatic heterocycles. The van der Waals surface area contributed by atoms with E-state index >= 15 is 0 Å². The van der Waals surface area contributed by atoms with Crippen LogP contribution in [0.5, 0.6) is 17.2 Å². The fraction of sp³-hybridized carbons (Fsp3) is 0.176. The fourth-order valence-electron chi connectivity index (χ4n) is 1.97. The Kier molecular flexibility index (Phi) is 5.62. The van der Waals surface area contributed by atoms with Crippen molar-refractivity contribution in [2.45, 2.75) is 0 Å². The van der Waals surface area contributed by atoms with Crippen molar-refractivity contribution in [2.75, 3.05) is 32.0 Å². The normalized spacial score (nSPS) is 9.79. The summed E-state index contributed by atoms with van der Waals surface area (Å²) in [5.74, 6) is -0.0880. The number of hydrogen-bond donors (Lipinski definition) is 2. The number of carbonyl (C=O) groups excluding carboxylic acids is 2. The third-order valence-corrected chi connectivity index (χ3v) is 3.19. The molecule has 0 aliphatic heterocycles. The molecule has 2 rings (SSSR count). The van der Waals surface area contributed by atoms with Crippen LogP contribution in [0.3, 0.4) is 0 Å². The van der Waals surface area contributed by atoms with Crippen molar-refractivity contribution in [2.24, 2.45) is 0 Å². The molecule has 2 aromatic rings. The molecule has 2 aromatic carbocycles. The van der Waals surface area contributed by atoms with Crippen molar-refractivity contribution in [3.8, 4) is 17.2 Å². The van der Waals surface area contributed by atoms with Crippen LogP contribution in [-0.2, 0) is 9.59 Å². The SMILES string of the molecule is COc1cccc(NC(=O)C(=O)Nc2ccc(OC)cc2OC)c1. The van der Waals surface area contributed by atoms with Gasteiger partial charge in [0.25, 0.3) is 0 Å². The molecule has 0 fully saturated rings. The van der Waals surface area contributed by atoms with Crippen LogP contribution in [0.15, 0.2) is 42.5 Å². The summed E-state index contributed by atoms with van der Waals surface area (Å²) < 4.78 is 15.3. The minimum atomic E-state index is -0.818. The maximum Gasteiger partial charge on any atom is 0.314 e. The first kappa shape index (κ1) is 17.1. The summed E-state index contributed by atoms with van der Waals surface area (Å²) >= 11 is 0. The van der Waals surface area contributed by atoms with Crippen LogP contribution in [0.2, 0.25) is 0 Å². The molecule has 0 radical (unpaired) electrons. The highest BCUT2D eigenvalue weighted by molar-refractivity contribution is 6.43. The van der Waals surface area contributed by atoms with E-state index < -0.39 is 11.8 Å². The second kappa shape index (κ2) is 7.87. The molecule has 0 saturated heterocycles. The van der Waals surface area contributed by atoms with Gasteiger partial charge in [-0.25, -0.2) is 0 Å². The van der Waals surface area contributed by atoms with Crippen molar-refractivity contribution >= 4 is 23.2 Å². The standard InChI is InChI=1S/C17H18N2O5/c1-22-12-6-4-5-11(9-12)18-16(20)17(21)19-14-8-7-13(23-2)10-15(14)24-3/h4-10H,1-3H3,(H,18,20)(H,19,21). The third kappa shape index (κ3) is 4.16. The maximum atomic E-state index is 12.1. The van der Waals surface area contributed by atoms with E-state index in [0.717, 1.165) is 0 Å². The minimum Gasteiger partial charge on any atom is -0.497 e. The molecule has 24 heavy (non-hydrogen) atoms. The van der Waals surface area contributed by atoms with Crippen LogP contribution < -0.4 is 24.8 Å². The number of hydrogen-bond acceptors (Lipinski definition) is 5. The lowest BCUT2D eigenvalue weighted by Crippen LogP contribution is -2.29. The van der Waals surface area contributed by atoms with E-state index in [-0.39, 0.29) is 0 Å². The smallest absolute Gasteiger partial charge is 0.314 e. The van der Waals surface area contributed by atoms with Crippen LogP contribution in [0.25, 0.3) is 0 Å². The van der Waals surface area contributed by atoms with E-state index in [2.05, 4.69) is 10.6 Å². The van der Waals surface area contributed by atoms with Crippen LogP contribution in [0, 0.1) is 0 Å². The second-order valence-corrected chi connectivity index (χ2v) is 4.71. The molecule has 0 bridgehead atoms. The Hall–Kier alpha value is -3.22. The molecule has 0 atom stereocenters. The zero-order valence-corrected chi connectivity index (χ0v) is 13.6. The molecule has 2 N–H and O–H groups in total. The molecule has 7 heteroatoms. The van der Waals surface area contributed by atoms with Gasteiger partial charge in [-0.15, -0.1) is 0 Å². The molecule has 0 spiro atoms. The van der Waals surface area contributed by atoms with Gasteiger partial charge in [0.2, 0.25) is 0 Å². The summed E-state index contributed by atoms with van der Waals surface area (Å²) in [6.45, 7) is 0. The summed E-state index contributed by atoms with van der Waals surface area (Å²) in [5.41, 5.74) is 0.820. The van der Waals surface area contributed by atoms with Gasteiger partial charge in [0.05, 0.1) is 27.0 Å². The third-order valence-electron chi connectivity index (χ3n) is 3.19. The molecule has 0 aliphatic carbocycles. The first-order chi connectivity index (χ1) is 11.6. The number of anilines is 2. The average Bonchev–Trinajstić information content (AvgIpc) is 2.62. The summed E-state index contributed by atoms with van der Waals surface area (Å²) in [7, 11) is 4.50. The van der Waals surface area contributed by atoms with E-state index in [1.807, 2.05) is 0 Å². The van der Waals surface area contributed by atoms with Gasteiger partial charge < -0.3 is 24.8 Å². The second-order valence-electron chi connectivity index (χ2n) is 4.71. The highest BCUT2D eigenvalue weighted by atomic mass is 16.5. The Morgan fingerprint density at radius 2 is 1.46 bits per heavy atom. The van der Waals surface area contributed by atoms with Crippen LogP contribution in [-0.4, -0.2) is 33.1 Å². The molecule has 126 valence electrons. The lowest BCUT2D eigenvalue weighted by Gasteiger charge is -2.12. The van der Waals surface area contributed by atoms with E-state index in [1.165, 1.54) is 21.3 Å². The van der Waals surface area contributed by atoms with Crippen molar-refractivity contribution in [1.82, 2.24) is 0 Å².